The Bertz CT molecular complexity index is 991. The number of hydrogen-bond donors (Lipinski definition) is 0. The molecule has 3 fully saturated rings. The average Bonchev–Trinajstić information content (AvgIpc) is 3.34. The SMILES string of the molecule is O=C1c2ccccc2C(=O)N1OC(=O)C12CC(CN1C(=O)c1ccccc1)C2. The van der Waals surface area contributed by atoms with Gasteiger partial charge in [0.25, 0.3) is 17.7 Å². The van der Waals surface area contributed by atoms with Crippen LogP contribution in [0.2, 0.25) is 0 Å². The summed E-state index contributed by atoms with van der Waals surface area (Å²) < 4.78 is 0. The molecule has 3 aliphatic heterocycles. The average molecular weight is 376 g/mol. The molecule has 6 rings (SSSR count). The molecule has 0 atom stereocenters. The van der Waals surface area contributed by atoms with Crippen LogP contribution in [0.15, 0.2) is 54.6 Å². The second-order valence-corrected chi connectivity index (χ2v) is 7.42. The van der Waals surface area contributed by atoms with Crippen LogP contribution >= 0.6 is 0 Å². The van der Waals surface area contributed by atoms with E-state index in [-0.39, 0.29) is 23.0 Å². The molecule has 28 heavy (non-hydrogen) atoms. The molecule has 1 saturated carbocycles. The maximum absolute atomic E-state index is 13.0. The maximum atomic E-state index is 13.0. The summed E-state index contributed by atoms with van der Waals surface area (Å²) in [7, 11) is 0. The Balaban J connectivity index is 1.39. The van der Waals surface area contributed by atoms with Crippen molar-refractivity contribution in [1.29, 1.82) is 0 Å². The fraction of sp³-hybridized carbons (Fsp3) is 0.238. The standard InChI is InChI=1S/C21H16N2O5/c24-17(14-6-2-1-3-7-14)22-12-13-10-21(22,11-13)20(27)28-23-18(25)15-8-4-5-9-16(15)19(23)26/h1-9,13H,10-12H2. The molecule has 0 unspecified atom stereocenters. The van der Waals surface area contributed by atoms with Gasteiger partial charge in [0, 0.05) is 12.1 Å². The molecule has 0 radical (unpaired) electrons. The lowest BCUT2D eigenvalue weighted by molar-refractivity contribution is -0.183. The van der Waals surface area contributed by atoms with E-state index in [0.717, 1.165) is 0 Å². The third-order valence-corrected chi connectivity index (χ3v) is 5.79. The molecule has 0 aromatic heterocycles. The number of imide groups is 1. The van der Waals surface area contributed by atoms with Crippen LogP contribution in [0.1, 0.15) is 43.9 Å². The number of fused-ring (bicyclic) bond motifs is 2. The van der Waals surface area contributed by atoms with Crippen LogP contribution in [0.4, 0.5) is 0 Å². The van der Waals surface area contributed by atoms with Crippen LogP contribution in [-0.4, -0.2) is 45.7 Å². The number of hydrogen-bond acceptors (Lipinski definition) is 5. The zero-order valence-electron chi connectivity index (χ0n) is 14.8. The van der Waals surface area contributed by atoms with E-state index < -0.39 is 23.3 Å². The van der Waals surface area contributed by atoms with Gasteiger partial charge in [0.05, 0.1) is 11.1 Å². The Morgan fingerprint density at radius 3 is 2.07 bits per heavy atom. The highest BCUT2D eigenvalue weighted by Crippen LogP contribution is 2.52. The smallest absolute Gasteiger partial charge is 0.327 e. The molecular formula is C21H16N2O5. The van der Waals surface area contributed by atoms with Crippen molar-refractivity contribution in [1.82, 2.24) is 9.96 Å². The van der Waals surface area contributed by atoms with Crippen molar-refractivity contribution in [3.05, 3.63) is 71.3 Å². The normalized spacial score (nSPS) is 24.8. The predicted octanol–water partition coefficient (Wildman–Crippen LogP) is 2.05. The van der Waals surface area contributed by atoms with E-state index in [4.69, 9.17) is 4.84 Å². The van der Waals surface area contributed by atoms with Crippen molar-refractivity contribution in [2.75, 3.05) is 6.54 Å². The lowest BCUT2D eigenvalue weighted by Crippen LogP contribution is -2.57. The summed E-state index contributed by atoms with van der Waals surface area (Å²) in [5.74, 6) is -2.09. The molecule has 2 saturated heterocycles. The van der Waals surface area contributed by atoms with E-state index in [1.54, 1.807) is 36.4 Å². The monoisotopic (exact) mass is 376 g/mol. The molecule has 4 aliphatic rings. The van der Waals surface area contributed by atoms with Gasteiger partial charge in [0.2, 0.25) is 0 Å². The van der Waals surface area contributed by atoms with E-state index in [1.165, 1.54) is 17.0 Å². The van der Waals surface area contributed by atoms with Crippen LogP contribution in [-0.2, 0) is 9.63 Å². The molecular weight excluding hydrogens is 360 g/mol. The third-order valence-electron chi connectivity index (χ3n) is 5.79. The molecule has 1 aliphatic carbocycles. The first kappa shape index (κ1) is 16.7. The van der Waals surface area contributed by atoms with Crippen LogP contribution in [0.25, 0.3) is 0 Å². The van der Waals surface area contributed by atoms with Crippen molar-refractivity contribution >= 4 is 23.7 Å². The number of rotatable bonds is 3. The lowest BCUT2D eigenvalue weighted by Gasteiger charge is -2.39. The summed E-state index contributed by atoms with van der Waals surface area (Å²) in [5, 5.41) is 0.512. The van der Waals surface area contributed by atoms with Crippen molar-refractivity contribution < 1.29 is 24.0 Å². The van der Waals surface area contributed by atoms with Crippen molar-refractivity contribution in [3.8, 4) is 0 Å². The number of carbonyl (C=O) groups excluding carboxylic acids is 4. The van der Waals surface area contributed by atoms with E-state index in [1.807, 2.05) is 6.07 Å². The number of carbonyl (C=O) groups is 4. The molecule has 2 aromatic rings. The van der Waals surface area contributed by atoms with E-state index >= 15 is 0 Å². The number of nitrogens with zero attached hydrogens (tertiary/aromatic N) is 2. The molecule has 7 heteroatoms. The minimum atomic E-state index is -1.12. The fourth-order valence-electron chi connectivity index (χ4n) is 4.39. The van der Waals surface area contributed by atoms with Crippen molar-refractivity contribution in [2.24, 2.45) is 5.92 Å². The van der Waals surface area contributed by atoms with Gasteiger partial charge in [0.1, 0.15) is 5.54 Å². The third kappa shape index (κ3) is 2.16. The van der Waals surface area contributed by atoms with E-state index in [0.29, 0.717) is 30.0 Å². The van der Waals surface area contributed by atoms with Gasteiger partial charge in [-0.25, -0.2) is 4.79 Å². The number of hydroxylamine groups is 2. The fourth-order valence-corrected chi connectivity index (χ4v) is 4.39. The topological polar surface area (TPSA) is 84.0 Å². The Labute approximate surface area is 160 Å². The second-order valence-electron chi connectivity index (χ2n) is 7.42. The summed E-state index contributed by atoms with van der Waals surface area (Å²) in [6.07, 6.45) is 0.959. The van der Waals surface area contributed by atoms with Gasteiger partial charge >= 0.3 is 5.97 Å². The van der Waals surface area contributed by atoms with Gasteiger partial charge in [-0.3, -0.25) is 14.4 Å². The summed E-state index contributed by atoms with van der Waals surface area (Å²) in [6.45, 7) is 0.463. The summed E-state index contributed by atoms with van der Waals surface area (Å²) in [5.41, 5.74) is -0.226. The predicted molar refractivity (Wildman–Crippen MR) is 96.0 cm³/mol. The van der Waals surface area contributed by atoms with Crippen molar-refractivity contribution in [3.63, 3.8) is 0 Å². The first-order valence-corrected chi connectivity index (χ1v) is 9.08. The van der Waals surface area contributed by atoms with Gasteiger partial charge in [-0.1, -0.05) is 35.4 Å². The Kier molecular flexibility index (Phi) is 3.43. The van der Waals surface area contributed by atoms with Crippen LogP contribution < -0.4 is 0 Å². The highest BCUT2D eigenvalue weighted by Gasteiger charge is 2.64. The Morgan fingerprint density at radius 2 is 1.46 bits per heavy atom. The second kappa shape index (κ2) is 5.76. The van der Waals surface area contributed by atoms with Gasteiger partial charge in [0.15, 0.2) is 0 Å². The van der Waals surface area contributed by atoms with Crippen LogP contribution in [0, 0.1) is 5.92 Å². The molecule has 2 aromatic carbocycles. The first-order valence-electron chi connectivity index (χ1n) is 9.08. The highest BCUT2D eigenvalue weighted by atomic mass is 16.7. The molecule has 3 heterocycles. The first-order chi connectivity index (χ1) is 13.5. The minimum Gasteiger partial charge on any atom is -0.327 e. The highest BCUT2D eigenvalue weighted by molar-refractivity contribution is 6.21. The number of amides is 3. The largest absolute Gasteiger partial charge is 0.358 e. The molecule has 140 valence electrons. The summed E-state index contributed by atoms with van der Waals surface area (Å²) >= 11 is 0. The Hall–Kier alpha value is -3.48. The number of benzene rings is 2. The zero-order valence-corrected chi connectivity index (χ0v) is 14.8. The van der Waals surface area contributed by atoms with Crippen LogP contribution in [0.3, 0.4) is 0 Å². The lowest BCUT2D eigenvalue weighted by atomic mass is 9.73. The molecule has 2 bridgehead atoms. The van der Waals surface area contributed by atoms with E-state index in [2.05, 4.69) is 0 Å². The van der Waals surface area contributed by atoms with Gasteiger partial charge in [-0.05, 0) is 43.0 Å². The molecule has 7 nitrogen and oxygen atoms in total. The van der Waals surface area contributed by atoms with Gasteiger partial charge < -0.3 is 9.74 Å². The quantitative estimate of drug-likeness (QED) is 0.766. The van der Waals surface area contributed by atoms with Crippen molar-refractivity contribution in [2.45, 2.75) is 18.4 Å². The zero-order chi connectivity index (χ0) is 19.5. The molecule has 0 spiro atoms. The maximum Gasteiger partial charge on any atom is 0.358 e. The van der Waals surface area contributed by atoms with Gasteiger partial charge in [-0.2, -0.15) is 0 Å². The molecule has 3 amide bonds. The van der Waals surface area contributed by atoms with Gasteiger partial charge in [-0.15, -0.1) is 0 Å². The molecule has 0 N–H and O–H groups in total. The summed E-state index contributed by atoms with van der Waals surface area (Å²) in [6, 6.07) is 15.0. The van der Waals surface area contributed by atoms with E-state index in [9.17, 15) is 19.2 Å². The minimum absolute atomic E-state index is 0.202. The van der Waals surface area contributed by atoms with Crippen LogP contribution in [0.5, 0.6) is 0 Å². The summed E-state index contributed by atoms with van der Waals surface area (Å²) in [4.78, 5) is 57.6. The Morgan fingerprint density at radius 1 is 0.893 bits per heavy atom.